The molecule has 0 spiro atoms. The number of amides is 1. The number of pyridine rings is 1. The van der Waals surface area contributed by atoms with Gasteiger partial charge in [0.25, 0.3) is 5.91 Å². The number of nitrogens with zero attached hydrogens (tertiary/aromatic N) is 4. The number of esters is 1. The van der Waals surface area contributed by atoms with Crippen LogP contribution in [-0.2, 0) is 9.53 Å². The Hall–Kier alpha value is -2.95. The molecule has 8 heteroatoms. The summed E-state index contributed by atoms with van der Waals surface area (Å²) in [6, 6.07) is 11.7. The van der Waals surface area contributed by atoms with Gasteiger partial charge >= 0.3 is 5.97 Å². The molecule has 1 aliphatic rings. The van der Waals surface area contributed by atoms with E-state index in [2.05, 4.69) is 4.98 Å². The molecule has 144 valence electrons. The Balaban J connectivity index is 1.69. The second-order valence-corrected chi connectivity index (χ2v) is 6.79. The first kappa shape index (κ1) is 19.8. The topological polar surface area (TPSA) is 86.5 Å². The van der Waals surface area contributed by atoms with Crippen LogP contribution < -0.4 is 0 Å². The summed E-state index contributed by atoms with van der Waals surface area (Å²) in [6.07, 6.45) is 1.39. The lowest BCUT2D eigenvalue weighted by Crippen LogP contribution is -2.51. The van der Waals surface area contributed by atoms with Gasteiger partial charge in [0.15, 0.2) is 0 Å². The maximum atomic E-state index is 12.6. The molecule has 1 aliphatic heterocycles. The molecule has 0 saturated carbocycles. The molecule has 0 N–H and O–H groups in total. The molecule has 28 heavy (non-hydrogen) atoms. The highest BCUT2D eigenvalue weighted by Gasteiger charge is 2.32. The van der Waals surface area contributed by atoms with Gasteiger partial charge in [-0.2, -0.15) is 5.26 Å². The van der Waals surface area contributed by atoms with E-state index in [0.717, 1.165) is 5.56 Å². The van der Waals surface area contributed by atoms with Crippen molar-refractivity contribution in [1.29, 1.82) is 5.26 Å². The molecule has 7 nitrogen and oxygen atoms in total. The number of rotatable bonds is 4. The molecule has 0 aliphatic carbocycles. The maximum Gasteiger partial charge on any atom is 0.327 e. The predicted molar refractivity (Wildman–Crippen MR) is 103 cm³/mol. The van der Waals surface area contributed by atoms with E-state index in [9.17, 15) is 9.59 Å². The standard InChI is InChI=1S/C20H19ClN4O3/c1-28-20(27)18(15-3-5-16(21)6-4-15)24-8-10-25(11-9-24)19(26)17-7-2-14(12-22)13-23-17/h2-7,13,18H,8-11H2,1H3. The molecule has 0 bridgehead atoms. The molecule has 1 aromatic carbocycles. The fraction of sp³-hybridized carbons (Fsp3) is 0.300. The molecular weight excluding hydrogens is 380 g/mol. The minimum atomic E-state index is -0.549. The third-order valence-corrected chi connectivity index (χ3v) is 4.94. The number of aromatic nitrogens is 1. The summed E-state index contributed by atoms with van der Waals surface area (Å²) in [5.41, 5.74) is 1.50. The first-order valence-electron chi connectivity index (χ1n) is 8.76. The van der Waals surface area contributed by atoms with Gasteiger partial charge in [0.1, 0.15) is 17.8 Å². The summed E-state index contributed by atoms with van der Waals surface area (Å²) in [5.74, 6) is -0.541. The number of benzene rings is 1. The van der Waals surface area contributed by atoms with Crippen molar-refractivity contribution in [1.82, 2.24) is 14.8 Å². The quantitative estimate of drug-likeness (QED) is 0.734. The van der Waals surface area contributed by atoms with Crippen LogP contribution in [0.5, 0.6) is 0 Å². The summed E-state index contributed by atoms with van der Waals surface area (Å²) >= 11 is 5.95. The first-order valence-corrected chi connectivity index (χ1v) is 9.14. The molecule has 2 aromatic rings. The third-order valence-electron chi connectivity index (χ3n) is 4.69. The van der Waals surface area contributed by atoms with Crippen molar-refractivity contribution < 1.29 is 14.3 Å². The second kappa shape index (κ2) is 8.83. The van der Waals surface area contributed by atoms with Gasteiger partial charge in [-0.15, -0.1) is 0 Å². The van der Waals surface area contributed by atoms with Crippen LogP contribution in [0.4, 0.5) is 0 Å². The number of piperazine rings is 1. The van der Waals surface area contributed by atoms with Gasteiger partial charge in [0, 0.05) is 37.4 Å². The summed E-state index contributed by atoms with van der Waals surface area (Å²) in [7, 11) is 1.36. The van der Waals surface area contributed by atoms with E-state index in [4.69, 9.17) is 21.6 Å². The second-order valence-electron chi connectivity index (χ2n) is 6.35. The number of nitriles is 1. The minimum Gasteiger partial charge on any atom is -0.468 e. The van der Waals surface area contributed by atoms with Crippen molar-refractivity contribution in [3.63, 3.8) is 0 Å². The Kier molecular flexibility index (Phi) is 6.24. The highest BCUT2D eigenvalue weighted by atomic mass is 35.5. The van der Waals surface area contributed by atoms with Gasteiger partial charge in [-0.1, -0.05) is 23.7 Å². The lowest BCUT2D eigenvalue weighted by molar-refractivity contribution is -0.148. The maximum absolute atomic E-state index is 12.6. The summed E-state index contributed by atoms with van der Waals surface area (Å²) in [5, 5.41) is 9.43. The molecule has 0 radical (unpaired) electrons. The summed E-state index contributed by atoms with van der Waals surface area (Å²) < 4.78 is 4.99. The lowest BCUT2D eigenvalue weighted by Gasteiger charge is -2.38. The smallest absolute Gasteiger partial charge is 0.327 e. The lowest BCUT2D eigenvalue weighted by atomic mass is 10.0. The van der Waals surface area contributed by atoms with Crippen molar-refractivity contribution in [3.05, 3.63) is 64.4 Å². The number of methoxy groups -OCH3 is 1. The fourth-order valence-corrected chi connectivity index (χ4v) is 3.31. The van der Waals surface area contributed by atoms with Crippen molar-refractivity contribution in [2.45, 2.75) is 6.04 Å². The number of hydrogen-bond donors (Lipinski definition) is 0. The first-order chi connectivity index (χ1) is 13.5. The third kappa shape index (κ3) is 4.30. The highest BCUT2D eigenvalue weighted by Crippen LogP contribution is 2.25. The number of carbonyl (C=O) groups is 2. The molecule has 2 heterocycles. The number of carbonyl (C=O) groups excluding carboxylic acids is 2. The van der Waals surface area contributed by atoms with Gasteiger partial charge in [0.2, 0.25) is 0 Å². The number of ether oxygens (including phenoxy) is 1. The van der Waals surface area contributed by atoms with Crippen LogP contribution in [0, 0.1) is 11.3 Å². The minimum absolute atomic E-state index is 0.190. The van der Waals surface area contributed by atoms with Crippen LogP contribution in [0.2, 0.25) is 5.02 Å². The Morgan fingerprint density at radius 3 is 2.36 bits per heavy atom. The van der Waals surface area contributed by atoms with Crippen LogP contribution in [0.3, 0.4) is 0 Å². The van der Waals surface area contributed by atoms with Crippen molar-refractivity contribution in [3.8, 4) is 6.07 Å². The van der Waals surface area contributed by atoms with E-state index in [0.29, 0.717) is 42.5 Å². The molecule has 1 unspecified atom stereocenters. The van der Waals surface area contributed by atoms with Gasteiger partial charge in [-0.3, -0.25) is 9.69 Å². The van der Waals surface area contributed by atoms with Crippen LogP contribution in [0.1, 0.15) is 27.7 Å². The SMILES string of the molecule is COC(=O)C(c1ccc(Cl)cc1)N1CCN(C(=O)c2ccc(C#N)cn2)CC1. The summed E-state index contributed by atoms with van der Waals surface area (Å²) in [4.78, 5) is 32.8. The molecule has 1 amide bonds. The van der Waals surface area contributed by atoms with Gasteiger partial charge in [0.05, 0.1) is 12.7 Å². The van der Waals surface area contributed by atoms with E-state index in [1.165, 1.54) is 13.3 Å². The number of hydrogen-bond acceptors (Lipinski definition) is 6. The molecule has 1 saturated heterocycles. The van der Waals surface area contributed by atoms with Crippen LogP contribution >= 0.6 is 11.6 Å². The largest absolute Gasteiger partial charge is 0.468 e. The Morgan fingerprint density at radius 2 is 1.82 bits per heavy atom. The van der Waals surface area contributed by atoms with Crippen molar-refractivity contribution in [2.75, 3.05) is 33.3 Å². The monoisotopic (exact) mass is 398 g/mol. The Bertz CT molecular complexity index is 885. The summed E-state index contributed by atoms with van der Waals surface area (Å²) in [6.45, 7) is 1.96. The van der Waals surface area contributed by atoms with Crippen molar-refractivity contribution >= 4 is 23.5 Å². The van der Waals surface area contributed by atoms with E-state index >= 15 is 0 Å². The fourth-order valence-electron chi connectivity index (χ4n) is 3.18. The van der Waals surface area contributed by atoms with Gasteiger partial charge in [-0.05, 0) is 29.8 Å². The van der Waals surface area contributed by atoms with Gasteiger partial charge < -0.3 is 9.64 Å². The van der Waals surface area contributed by atoms with Crippen LogP contribution in [-0.4, -0.2) is 59.9 Å². The molecule has 1 aromatic heterocycles. The molecular formula is C20H19ClN4O3. The zero-order chi connectivity index (χ0) is 20.1. The van der Waals surface area contributed by atoms with E-state index < -0.39 is 6.04 Å². The molecule has 1 atom stereocenters. The Morgan fingerprint density at radius 1 is 1.14 bits per heavy atom. The normalized spacial score (nSPS) is 15.5. The Labute approximate surface area is 168 Å². The van der Waals surface area contributed by atoms with E-state index in [-0.39, 0.29) is 11.9 Å². The predicted octanol–water partition coefficient (Wildman–Crippen LogP) is 2.28. The highest BCUT2D eigenvalue weighted by molar-refractivity contribution is 6.30. The molecule has 3 rings (SSSR count). The average molecular weight is 399 g/mol. The average Bonchev–Trinajstić information content (AvgIpc) is 2.75. The number of halogens is 1. The van der Waals surface area contributed by atoms with Crippen LogP contribution in [0.15, 0.2) is 42.6 Å². The van der Waals surface area contributed by atoms with E-state index in [1.54, 1.807) is 29.2 Å². The zero-order valence-electron chi connectivity index (χ0n) is 15.3. The van der Waals surface area contributed by atoms with Crippen molar-refractivity contribution in [2.24, 2.45) is 0 Å². The molecule has 1 fully saturated rings. The van der Waals surface area contributed by atoms with Gasteiger partial charge in [-0.25, -0.2) is 9.78 Å². The zero-order valence-corrected chi connectivity index (χ0v) is 16.1. The van der Waals surface area contributed by atoms with Crippen LogP contribution in [0.25, 0.3) is 0 Å². The van der Waals surface area contributed by atoms with E-state index in [1.807, 2.05) is 23.1 Å².